The summed E-state index contributed by atoms with van der Waals surface area (Å²) in [6.45, 7) is 30.3. The number of nitrogens with one attached hydrogen (secondary N) is 12. The first-order valence-corrected chi connectivity index (χ1v) is 39.4. The molecule has 6 fully saturated rings. The SMILES string of the molecule is C[13C@@H]1CCC[13C@H]([13CH3])N1CC(=O)[15NH]CCC(=O)NN.C[13C@@H]1CCC[13C@H]([13CH3])[15N]1CC(=O)NCCC(=O)NN.C[C@@H]1CCC[C@H](C)N1C[13C](=O)[15NH][13CH2][13CH2][13C](=O)NN.C[C@@H]1CCC[C@H](C)[15N]1C[13C](=O)N[13CH2][13CH2][13C](=O)NN.C[C@@H]1CCC[C@H]([13CH3])N1C[13C](=O)[15NH][13CH2]CC(=O)NN.C[C@@H]1CCC[C@H]([13CH3])[15N]1C[13C](=O)N[13CH2]CC(=O)NN. The first-order valence-electron chi connectivity index (χ1n) is 39.4. The van der Waals surface area contributed by atoms with Crippen molar-refractivity contribution in [3.63, 3.8) is 0 Å². The average molecular weight is 1560 g/mol. The van der Waals surface area contributed by atoms with Crippen LogP contribution in [-0.4, -0.2) is 251 Å². The van der Waals surface area contributed by atoms with Crippen LogP contribution in [0.3, 0.4) is 0 Å². The van der Waals surface area contributed by atoms with Gasteiger partial charge < -0.3 is 31.9 Å². The molecule has 6 saturated heterocycles. The molecule has 0 bridgehead atoms. The van der Waals surface area contributed by atoms with Gasteiger partial charge in [0.1, 0.15) is 0 Å². The molecule has 6 rings (SSSR count). The Morgan fingerprint density at radius 3 is 0.398 bits per heavy atom. The van der Waals surface area contributed by atoms with Gasteiger partial charge in [0, 0.05) is 150 Å². The van der Waals surface area contributed by atoms with Gasteiger partial charge in [0.2, 0.25) is 70.9 Å². The summed E-state index contributed by atoms with van der Waals surface area (Å²) < 4.78 is 0. The van der Waals surface area contributed by atoms with E-state index in [-0.39, 0.29) is 109 Å². The molecule has 624 valence electrons. The minimum atomic E-state index is -0.269. The molecule has 6 heterocycles. The number of rotatable bonds is 30. The first-order chi connectivity index (χ1) is 51.2. The van der Waals surface area contributed by atoms with Gasteiger partial charge in [0.15, 0.2) is 0 Å². The van der Waals surface area contributed by atoms with Crippen molar-refractivity contribution in [2.75, 3.05) is 78.5 Å². The van der Waals surface area contributed by atoms with Crippen molar-refractivity contribution in [1.82, 2.24) is 93.9 Å². The van der Waals surface area contributed by atoms with E-state index < -0.39 is 0 Å². The predicted octanol–water partition coefficient (Wildman–Crippen LogP) is -1.53. The van der Waals surface area contributed by atoms with Gasteiger partial charge in [-0.25, -0.2) is 35.1 Å². The van der Waals surface area contributed by atoms with E-state index in [9.17, 15) is 57.5 Å². The smallest absolute Gasteiger partial charge is 0.235 e. The van der Waals surface area contributed by atoms with Gasteiger partial charge in [0.25, 0.3) is 0 Å². The normalized spacial score (nSPS) is 24.6. The lowest BCUT2D eigenvalue weighted by Crippen LogP contribution is -2.49. The summed E-state index contributed by atoms with van der Waals surface area (Å²) in [7, 11) is 0. The zero-order valence-electron chi connectivity index (χ0n) is 67.4. The highest BCUT2D eigenvalue weighted by molar-refractivity contribution is 5.83. The topological polar surface area (TPSA) is 525 Å². The number of piperidine rings is 6. The van der Waals surface area contributed by atoms with Crippen LogP contribution in [0, 0.1) is 0 Å². The van der Waals surface area contributed by atoms with Crippen LogP contribution in [0.4, 0.5) is 0 Å². The van der Waals surface area contributed by atoms with Gasteiger partial charge in [-0.3, -0.25) is 119 Å². The standard InChI is InChI=1S/6C12H24N4O2/c6*1-9-4-3-5-10(2)16(9)8-12(18)14-7-6-11(17)15-13/h6*9-10H,3-8,13H2,1-2H3,(H,14,18)(H,15,17)/t6*9-,10+/i6+1,7+1,11+1,12+1,16+1;6+1,7+1,11+1,12+1,14+1;1+1,9+1,10+1,16+1;1+1,9+1,10+1,14+1;1+1,7+1,12+1,16+1;1+1,7+1,12+1,14+1/m..0000/s1. The molecule has 108 heavy (non-hydrogen) atoms. The van der Waals surface area contributed by atoms with Gasteiger partial charge in [-0.1, -0.05) is 38.5 Å². The van der Waals surface area contributed by atoms with Crippen LogP contribution in [0.15, 0.2) is 0 Å². The maximum atomic E-state index is 11.8. The number of carbonyl (C=O) groups excluding carboxylic acids is 12. The number of likely N-dealkylation sites (tertiary alicyclic amines) is 6. The zero-order valence-corrected chi connectivity index (χ0v) is 67.4. The zero-order chi connectivity index (χ0) is 81.3. The Bertz CT molecular complexity index is 2160. The van der Waals surface area contributed by atoms with Gasteiger partial charge in [-0.05, 0) is 160 Å². The summed E-state index contributed by atoms with van der Waals surface area (Å²) in [6, 6.07) is 5.41. The van der Waals surface area contributed by atoms with E-state index in [1.807, 2.05) is 32.6 Å². The highest BCUT2D eigenvalue weighted by Gasteiger charge is 2.32. The molecule has 0 aromatic carbocycles. The lowest BCUT2D eigenvalue weighted by atomic mass is 9.98. The number of hydrazine groups is 6. The predicted molar refractivity (Wildman–Crippen MR) is 417 cm³/mol. The van der Waals surface area contributed by atoms with Gasteiger partial charge in [-0.2, -0.15) is 0 Å². The van der Waals surface area contributed by atoms with Crippen LogP contribution in [0.2, 0.25) is 0 Å². The van der Waals surface area contributed by atoms with Crippen LogP contribution in [-0.2, 0) is 57.5 Å². The maximum Gasteiger partial charge on any atom is 0.235 e. The van der Waals surface area contributed by atoms with Crippen molar-refractivity contribution in [3.05, 3.63) is 0 Å². The summed E-state index contributed by atoms with van der Waals surface area (Å²) in [5, 5.41) is 16.4. The second kappa shape index (κ2) is 57.2. The third-order valence-electron chi connectivity index (χ3n) is 21.2. The number of hydrogen-bond acceptors (Lipinski definition) is 24. The molecular weight excluding hydrogens is 1420 g/mol. The molecule has 0 unspecified atom stereocenters. The summed E-state index contributed by atoms with van der Waals surface area (Å²) in [6.07, 6.45) is 22.4. The van der Waals surface area contributed by atoms with Gasteiger partial charge in [-0.15, -0.1) is 0 Å². The van der Waals surface area contributed by atoms with Crippen molar-refractivity contribution in [2.45, 2.75) is 310 Å². The Labute approximate surface area is 643 Å². The van der Waals surface area contributed by atoms with E-state index in [1.54, 1.807) is 0 Å². The molecule has 12 amide bonds. The van der Waals surface area contributed by atoms with E-state index in [2.05, 4.69) is 144 Å². The molecule has 0 spiro atoms. The van der Waals surface area contributed by atoms with Crippen molar-refractivity contribution in [3.8, 4) is 0 Å². The molecule has 0 aromatic rings. The van der Waals surface area contributed by atoms with Crippen molar-refractivity contribution in [1.29, 1.82) is 0 Å². The van der Waals surface area contributed by atoms with Crippen LogP contribution in [0.25, 0.3) is 0 Å². The second-order valence-electron chi connectivity index (χ2n) is 29.8. The minimum Gasteiger partial charge on any atom is -0.354 e. The van der Waals surface area contributed by atoms with Gasteiger partial charge >= 0.3 is 0 Å². The Balaban J connectivity index is 0.000000648. The lowest BCUT2D eigenvalue weighted by Gasteiger charge is -2.38. The largest absolute Gasteiger partial charge is 0.354 e. The molecule has 0 aromatic heterocycles. The summed E-state index contributed by atoms with van der Waals surface area (Å²) in [5.41, 5.74) is 12.2. The molecule has 36 nitrogen and oxygen atoms in total. The van der Waals surface area contributed by atoms with E-state index >= 15 is 0 Å². The summed E-state index contributed by atoms with van der Waals surface area (Å²) >= 11 is 0. The molecule has 12 atom stereocenters. The molecular formula is C72H144N24O12. The average Bonchev–Trinajstić information content (AvgIpc) is 0.902. The molecule has 6 aliphatic heterocycles. The summed E-state index contributed by atoms with van der Waals surface area (Å²) in [4.78, 5) is 149. The fourth-order valence-electron chi connectivity index (χ4n) is 14.4. The van der Waals surface area contributed by atoms with E-state index in [0.29, 0.717) is 151 Å². The highest BCUT2D eigenvalue weighted by atomic mass is 16.3. The van der Waals surface area contributed by atoms with Crippen LogP contribution in [0.5, 0.6) is 0 Å². The summed E-state index contributed by atoms with van der Waals surface area (Å²) in [5.74, 6) is 28.0. The van der Waals surface area contributed by atoms with Crippen molar-refractivity contribution < 1.29 is 57.5 Å². The third-order valence-corrected chi connectivity index (χ3v) is 21.2. The van der Waals surface area contributed by atoms with E-state index in [1.165, 1.54) is 38.5 Å². The number of hydrogen-bond donors (Lipinski definition) is 18. The Morgan fingerprint density at radius 2 is 0.306 bits per heavy atom. The van der Waals surface area contributed by atoms with Crippen molar-refractivity contribution >= 4 is 70.9 Å². The maximum absolute atomic E-state index is 11.8. The molecule has 24 N–H and O–H groups in total. The fraction of sp³-hybridized carbons (Fsp3) is 0.833. The molecule has 6 aliphatic rings. The number of nitrogens with zero attached hydrogens (tertiary/aromatic N) is 6. The van der Waals surface area contributed by atoms with Crippen molar-refractivity contribution in [2.24, 2.45) is 35.1 Å². The fourth-order valence-corrected chi connectivity index (χ4v) is 14.4. The minimum absolute atomic E-state index is 0.0274. The monoisotopic (exact) mass is 1560 g/mol. The Morgan fingerprint density at radius 1 is 0.204 bits per heavy atom. The number of amides is 12. The lowest BCUT2D eigenvalue weighted by molar-refractivity contribution is -0.125. The Hall–Kier alpha value is -6.84. The number of nitrogens with two attached hydrogens (primary N) is 6. The van der Waals surface area contributed by atoms with Crippen LogP contribution < -0.4 is 99.5 Å². The highest BCUT2D eigenvalue weighted by Crippen LogP contribution is 2.26. The molecule has 0 aliphatic carbocycles. The number of carbonyl (C=O) groups is 12. The molecule has 0 saturated carbocycles. The first kappa shape index (κ1) is 99.2. The van der Waals surface area contributed by atoms with Crippen LogP contribution in [0.1, 0.15) is 237 Å². The van der Waals surface area contributed by atoms with E-state index in [4.69, 9.17) is 35.1 Å². The molecule has 0 radical (unpaired) electrons. The van der Waals surface area contributed by atoms with E-state index in [0.717, 1.165) is 77.0 Å². The van der Waals surface area contributed by atoms with Crippen LogP contribution >= 0.6 is 0 Å². The van der Waals surface area contributed by atoms with Gasteiger partial charge in [0.05, 0.1) is 39.3 Å². The third kappa shape index (κ3) is 42.9. The second-order valence-corrected chi connectivity index (χ2v) is 29.8. The quantitative estimate of drug-likeness (QED) is 0.0128. The molecule has 36 heteroatoms. The Kier molecular flexibility index (Phi) is 52.6.